The van der Waals surface area contributed by atoms with Crippen LogP contribution < -0.4 is 5.32 Å². The molecule has 17 heavy (non-hydrogen) atoms. The number of hydrogen-bond donors (Lipinski definition) is 1. The van der Waals surface area contributed by atoms with Gasteiger partial charge in [0, 0.05) is 6.04 Å². The third-order valence-electron chi connectivity index (χ3n) is 3.79. The van der Waals surface area contributed by atoms with Gasteiger partial charge in [-0.2, -0.15) is 0 Å². The lowest BCUT2D eigenvalue weighted by atomic mass is 9.89. The quantitative estimate of drug-likeness (QED) is 0.807. The summed E-state index contributed by atoms with van der Waals surface area (Å²) in [5.74, 6) is -0.138. The molecule has 1 aromatic carbocycles. The topological polar surface area (TPSA) is 21.3 Å². The van der Waals surface area contributed by atoms with E-state index in [4.69, 9.17) is 4.74 Å². The summed E-state index contributed by atoms with van der Waals surface area (Å²) in [6.07, 6.45) is 4.60. The molecule has 0 saturated carbocycles. The Bertz CT molecular complexity index is 401. The van der Waals surface area contributed by atoms with E-state index in [1.165, 1.54) is 18.4 Å². The molecular weight excluding hydrogens is 217 g/mol. The van der Waals surface area contributed by atoms with Crippen LogP contribution in [-0.2, 0) is 11.2 Å². The molecule has 0 spiro atoms. The summed E-state index contributed by atoms with van der Waals surface area (Å²) in [5, 5.41) is 3.53. The largest absolute Gasteiger partial charge is 0.372 e. The summed E-state index contributed by atoms with van der Waals surface area (Å²) < 4.78 is 19.1. The number of halogens is 1. The van der Waals surface area contributed by atoms with E-state index >= 15 is 0 Å². The van der Waals surface area contributed by atoms with Gasteiger partial charge in [-0.05, 0) is 49.1 Å². The highest BCUT2D eigenvalue weighted by Gasteiger charge is 2.29. The maximum absolute atomic E-state index is 13.2. The van der Waals surface area contributed by atoms with E-state index < -0.39 is 0 Å². The Labute approximate surface area is 101 Å². The van der Waals surface area contributed by atoms with E-state index in [2.05, 4.69) is 5.32 Å². The molecular formula is C14H18FNO. The zero-order valence-corrected chi connectivity index (χ0v) is 9.92. The van der Waals surface area contributed by atoms with E-state index in [-0.39, 0.29) is 11.9 Å². The highest BCUT2D eigenvalue weighted by molar-refractivity contribution is 5.32. The van der Waals surface area contributed by atoms with Crippen molar-refractivity contribution in [2.75, 3.05) is 13.2 Å². The maximum Gasteiger partial charge on any atom is 0.123 e. The molecule has 1 aromatic rings. The predicted molar refractivity (Wildman–Crippen MR) is 64.4 cm³/mol. The fraction of sp³-hybridized carbons (Fsp3) is 0.571. The highest BCUT2D eigenvalue weighted by Crippen LogP contribution is 2.32. The highest BCUT2D eigenvalue weighted by atomic mass is 19.1. The second-order valence-corrected chi connectivity index (χ2v) is 4.94. The van der Waals surface area contributed by atoms with Crippen LogP contribution in [0, 0.1) is 5.82 Å². The van der Waals surface area contributed by atoms with Crippen molar-refractivity contribution in [3.05, 3.63) is 35.1 Å². The van der Waals surface area contributed by atoms with Gasteiger partial charge in [0.05, 0.1) is 12.7 Å². The lowest BCUT2D eigenvalue weighted by molar-refractivity contribution is 0.00884. The molecule has 0 bridgehead atoms. The third kappa shape index (κ3) is 2.22. The molecule has 0 aromatic heterocycles. The number of hydrogen-bond acceptors (Lipinski definition) is 2. The van der Waals surface area contributed by atoms with Crippen LogP contribution in [0.5, 0.6) is 0 Å². The maximum atomic E-state index is 13.2. The van der Waals surface area contributed by atoms with Crippen molar-refractivity contribution < 1.29 is 9.13 Å². The Hall–Kier alpha value is -0.930. The average molecular weight is 235 g/mol. The van der Waals surface area contributed by atoms with E-state index in [0.29, 0.717) is 12.6 Å². The second-order valence-electron chi connectivity index (χ2n) is 4.94. The Kier molecular flexibility index (Phi) is 3.12. The molecule has 0 aliphatic carbocycles. The van der Waals surface area contributed by atoms with Crippen LogP contribution in [0.4, 0.5) is 4.39 Å². The van der Waals surface area contributed by atoms with E-state index in [0.717, 1.165) is 24.9 Å². The SMILES string of the molecule is Fc1ccc2c(c1)CCO[C@@H]2[C@@H]1CCCCN1. The second kappa shape index (κ2) is 4.75. The zero-order chi connectivity index (χ0) is 11.7. The van der Waals surface area contributed by atoms with Crippen molar-refractivity contribution in [1.82, 2.24) is 5.32 Å². The third-order valence-corrected chi connectivity index (χ3v) is 3.79. The fourth-order valence-electron chi connectivity index (χ4n) is 2.92. The van der Waals surface area contributed by atoms with Crippen molar-refractivity contribution in [2.45, 2.75) is 37.8 Å². The summed E-state index contributed by atoms with van der Waals surface area (Å²) >= 11 is 0. The van der Waals surface area contributed by atoms with Gasteiger partial charge in [0.1, 0.15) is 5.82 Å². The first-order valence-corrected chi connectivity index (χ1v) is 6.48. The number of fused-ring (bicyclic) bond motifs is 1. The van der Waals surface area contributed by atoms with Crippen LogP contribution in [0.2, 0.25) is 0 Å². The molecule has 1 N–H and O–H groups in total. The number of nitrogens with one attached hydrogen (secondary N) is 1. The molecule has 0 unspecified atom stereocenters. The minimum absolute atomic E-state index is 0.111. The Morgan fingerprint density at radius 2 is 2.24 bits per heavy atom. The number of piperidine rings is 1. The van der Waals surface area contributed by atoms with Crippen molar-refractivity contribution in [3.63, 3.8) is 0 Å². The van der Waals surface area contributed by atoms with Crippen molar-refractivity contribution >= 4 is 0 Å². The van der Waals surface area contributed by atoms with Gasteiger partial charge in [0.15, 0.2) is 0 Å². The molecule has 0 radical (unpaired) electrons. The Morgan fingerprint density at radius 1 is 1.29 bits per heavy atom. The summed E-state index contributed by atoms with van der Waals surface area (Å²) in [6, 6.07) is 5.50. The number of benzene rings is 1. The summed E-state index contributed by atoms with van der Waals surface area (Å²) in [5.41, 5.74) is 2.30. The molecule has 2 aliphatic rings. The van der Waals surface area contributed by atoms with Gasteiger partial charge < -0.3 is 10.1 Å². The fourth-order valence-corrected chi connectivity index (χ4v) is 2.92. The number of ether oxygens (including phenoxy) is 1. The van der Waals surface area contributed by atoms with Gasteiger partial charge >= 0.3 is 0 Å². The Morgan fingerprint density at radius 3 is 3.06 bits per heavy atom. The summed E-state index contributed by atoms with van der Waals surface area (Å²) in [7, 11) is 0. The van der Waals surface area contributed by atoms with Crippen LogP contribution in [0.25, 0.3) is 0 Å². The van der Waals surface area contributed by atoms with E-state index in [1.54, 1.807) is 12.1 Å². The molecule has 2 atom stereocenters. The van der Waals surface area contributed by atoms with Gasteiger partial charge in [-0.15, -0.1) is 0 Å². The Balaban J connectivity index is 1.88. The molecule has 3 heteroatoms. The smallest absolute Gasteiger partial charge is 0.123 e. The normalized spacial score (nSPS) is 28.8. The van der Waals surface area contributed by atoms with Gasteiger partial charge in [0.25, 0.3) is 0 Å². The first kappa shape index (κ1) is 11.2. The molecule has 1 saturated heterocycles. The van der Waals surface area contributed by atoms with Crippen LogP contribution in [-0.4, -0.2) is 19.2 Å². The summed E-state index contributed by atoms with van der Waals surface area (Å²) in [6.45, 7) is 1.78. The van der Waals surface area contributed by atoms with Crippen LogP contribution >= 0.6 is 0 Å². The van der Waals surface area contributed by atoms with E-state index in [9.17, 15) is 4.39 Å². The van der Waals surface area contributed by atoms with Gasteiger partial charge in [-0.3, -0.25) is 0 Å². The van der Waals surface area contributed by atoms with Gasteiger partial charge in [0.2, 0.25) is 0 Å². The van der Waals surface area contributed by atoms with Crippen molar-refractivity contribution in [2.24, 2.45) is 0 Å². The molecule has 2 nitrogen and oxygen atoms in total. The molecule has 3 rings (SSSR count). The lowest BCUT2D eigenvalue weighted by Crippen LogP contribution is -2.41. The predicted octanol–water partition coefficient (Wildman–Crippen LogP) is 2.58. The first-order chi connectivity index (χ1) is 8.34. The molecule has 2 heterocycles. The number of rotatable bonds is 1. The minimum Gasteiger partial charge on any atom is -0.372 e. The van der Waals surface area contributed by atoms with Crippen LogP contribution in [0.15, 0.2) is 18.2 Å². The van der Waals surface area contributed by atoms with Crippen LogP contribution in [0.1, 0.15) is 36.5 Å². The molecule has 0 amide bonds. The lowest BCUT2D eigenvalue weighted by Gasteiger charge is -2.35. The standard InChI is InChI=1S/C14H18FNO/c15-11-4-5-12-10(9-11)6-8-17-14(12)13-3-1-2-7-16-13/h4-5,9,13-14,16H,1-3,6-8H2/t13-,14-/m0/s1. The summed E-state index contributed by atoms with van der Waals surface area (Å²) in [4.78, 5) is 0. The van der Waals surface area contributed by atoms with E-state index in [1.807, 2.05) is 6.07 Å². The average Bonchev–Trinajstić information content (AvgIpc) is 2.39. The molecule has 92 valence electrons. The zero-order valence-electron chi connectivity index (χ0n) is 9.92. The van der Waals surface area contributed by atoms with Crippen molar-refractivity contribution in [1.29, 1.82) is 0 Å². The monoisotopic (exact) mass is 235 g/mol. The van der Waals surface area contributed by atoms with Crippen molar-refractivity contribution in [3.8, 4) is 0 Å². The van der Waals surface area contributed by atoms with Gasteiger partial charge in [-0.25, -0.2) is 4.39 Å². The molecule has 1 fully saturated rings. The van der Waals surface area contributed by atoms with Gasteiger partial charge in [-0.1, -0.05) is 12.5 Å². The molecule has 2 aliphatic heterocycles. The minimum atomic E-state index is -0.138. The van der Waals surface area contributed by atoms with Crippen LogP contribution in [0.3, 0.4) is 0 Å². The first-order valence-electron chi connectivity index (χ1n) is 6.48.